The Bertz CT molecular complexity index is 1460. The molecular weight excluding hydrogens is 452 g/mol. The zero-order valence-corrected chi connectivity index (χ0v) is 19.9. The number of aromatic nitrogens is 2. The largest absolute Gasteiger partial charge is 0.352 e. The number of benzene rings is 3. The summed E-state index contributed by atoms with van der Waals surface area (Å²) in [5.41, 5.74) is 2.62. The van der Waals surface area contributed by atoms with Gasteiger partial charge in [0.2, 0.25) is 5.91 Å². The number of nitrogens with one attached hydrogen (secondary N) is 2. The van der Waals surface area contributed by atoms with Crippen LogP contribution in [0.3, 0.4) is 0 Å². The van der Waals surface area contributed by atoms with Crippen LogP contribution in [0.4, 0.5) is 5.69 Å². The van der Waals surface area contributed by atoms with E-state index < -0.39 is 0 Å². The summed E-state index contributed by atoms with van der Waals surface area (Å²) in [4.78, 5) is 43.4. The monoisotopic (exact) mass is 480 g/mol. The third-order valence-electron chi connectivity index (χ3n) is 6.36. The van der Waals surface area contributed by atoms with Crippen molar-refractivity contribution in [2.75, 3.05) is 11.9 Å². The molecule has 0 bridgehead atoms. The molecule has 1 heterocycles. The predicted octanol–water partition coefficient (Wildman–Crippen LogP) is 4.28. The number of carbonyl (C=O) groups is 2. The van der Waals surface area contributed by atoms with Gasteiger partial charge >= 0.3 is 0 Å². The van der Waals surface area contributed by atoms with Crippen molar-refractivity contribution < 1.29 is 9.59 Å². The minimum atomic E-state index is -0.236. The van der Waals surface area contributed by atoms with Gasteiger partial charge in [-0.25, -0.2) is 4.98 Å². The molecule has 2 N–H and O–H groups in total. The fourth-order valence-electron chi connectivity index (χ4n) is 4.37. The number of fused-ring (bicyclic) bond motifs is 1. The highest BCUT2D eigenvalue weighted by Gasteiger charge is 2.28. The van der Waals surface area contributed by atoms with Gasteiger partial charge in [-0.05, 0) is 49.1 Å². The molecule has 7 nitrogen and oxygen atoms in total. The molecule has 0 saturated heterocycles. The number of para-hydroxylation sites is 2. The van der Waals surface area contributed by atoms with E-state index in [0.717, 1.165) is 24.8 Å². The molecule has 1 fully saturated rings. The molecule has 0 unspecified atom stereocenters. The maximum atomic E-state index is 13.0. The first-order chi connectivity index (χ1) is 17.6. The van der Waals surface area contributed by atoms with Crippen molar-refractivity contribution >= 4 is 28.4 Å². The lowest BCUT2D eigenvalue weighted by Crippen LogP contribution is -2.27. The molecule has 7 heteroatoms. The van der Waals surface area contributed by atoms with E-state index in [1.54, 1.807) is 34.9 Å². The molecule has 1 aliphatic carbocycles. The number of rotatable bonds is 9. The normalized spacial score (nSPS) is 12.9. The van der Waals surface area contributed by atoms with E-state index in [-0.39, 0.29) is 29.8 Å². The molecule has 0 spiro atoms. The van der Waals surface area contributed by atoms with E-state index in [1.807, 2.05) is 48.5 Å². The van der Waals surface area contributed by atoms with Crippen LogP contribution >= 0.6 is 0 Å². The fourth-order valence-corrected chi connectivity index (χ4v) is 4.37. The summed E-state index contributed by atoms with van der Waals surface area (Å²) in [5.74, 6) is 0.160. The Morgan fingerprint density at radius 2 is 1.61 bits per heavy atom. The van der Waals surface area contributed by atoms with Gasteiger partial charge in [-0.1, -0.05) is 54.6 Å². The second-order valence-corrected chi connectivity index (χ2v) is 9.04. The van der Waals surface area contributed by atoms with Gasteiger partial charge in [0.25, 0.3) is 11.5 Å². The number of hydrogen-bond donors (Lipinski definition) is 2. The molecule has 2 amide bonds. The van der Waals surface area contributed by atoms with Gasteiger partial charge in [0.1, 0.15) is 5.82 Å². The van der Waals surface area contributed by atoms with Crippen LogP contribution < -0.4 is 16.2 Å². The Labute approximate surface area is 209 Å². The van der Waals surface area contributed by atoms with Crippen molar-refractivity contribution in [2.24, 2.45) is 0 Å². The molecule has 3 aromatic carbocycles. The molecule has 1 aliphatic rings. The number of carbonyl (C=O) groups excluding carboxylic acids is 2. The van der Waals surface area contributed by atoms with Gasteiger partial charge in [0.05, 0.1) is 22.2 Å². The molecule has 0 radical (unpaired) electrons. The van der Waals surface area contributed by atoms with E-state index in [4.69, 9.17) is 4.98 Å². The molecule has 36 heavy (non-hydrogen) atoms. The summed E-state index contributed by atoms with van der Waals surface area (Å²) in [6.07, 6.45) is 3.12. The van der Waals surface area contributed by atoms with E-state index in [9.17, 15) is 14.4 Å². The van der Waals surface area contributed by atoms with Crippen molar-refractivity contribution in [3.63, 3.8) is 0 Å². The zero-order valence-electron chi connectivity index (χ0n) is 19.9. The first kappa shape index (κ1) is 23.5. The topological polar surface area (TPSA) is 93.1 Å². The van der Waals surface area contributed by atoms with Gasteiger partial charge in [-0.15, -0.1) is 0 Å². The number of anilines is 1. The van der Waals surface area contributed by atoms with Crippen LogP contribution in [0.5, 0.6) is 0 Å². The number of amides is 2. The number of hydrogen-bond acceptors (Lipinski definition) is 4. The van der Waals surface area contributed by atoms with Crippen LogP contribution in [-0.4, -0.2) is 27.9 Å². The highest BCUT2D eigenvalue weighted by atomic mass is 16.2. The van der Waals surface area contributed by atoms with Crippen LogP contribution in [0.2, 0.25) is 0 Å². The average Bonchev–Trinajstić information content (AvgIpc) is 3.74. The van der Waals surface area contributed by atoms with Gasteiger partial charge in [0.15, 0.2) is 0 Å². The summed E-state index contributed by atoms with van der Waals surface area (Å²) in [7, 11) is 0. The van der Waals surface area contributed by atoms with Crippen molar-refractivity contribution in [1.82, 2.24) is 14.9 Å². The molecule has 0 aliphatic heterocycles. The molecule has 0 atom stereocenters. The Balaban J connectivity index is 1.24. The Morgan fingerprint density at radius 1 is 0.889 bits per heavy atom. The lowest BCUT2D eigenvalue weighted by Gasteiger charge is -2.14. The van der Waals surface area contributed by atoms with E-state index in [2.05, 4.69) is 10.6 Å². The van der Waals surface area contributed by atoms with Gasteiger partial charge < -0.3 is 10.6 Å². The average molecular weight is 481 g/mol. The lowest BCUT2D eigenvalue weighted by atomic mass is 10.1. The van der Waals surface area contributed by atoms with Crippen LogP contribution in [0.25, 0.3) is 10.9 Å². The van der Waals surface area contributed by atoms with Crippen molar-refractivity contribution in [3.05, 3.63) is 106 Å². The highest BCUT2D eigenvalue weighted by Crippen LogP contribution is 2.35. The highest BCUT2D eigenvalue weighted by molar-refractivity contribution is 6.03. The van der Waals surface area contributed by atoms with Crippen LogP contribution in [0.15, 0.2) is 83.7 Å². The summed E-state index contributed by atoms with van der Waals surface area (Å²) < 4.78 is 1.75. The van der Waals surface area contributed by atoms with Crippen LogP contribution in [0.1, 0.15) is 47.1 Å². The standard InChI is InChI=1S/C29H28N4O3/c34-27(17-16-26-31-25-13-7-5-11-23(25)29(36)33(26)21-14-15-21)32-24-12-6-4-10-22(24)28(35)30-19-18-20-8-2-1-3-9-20/h1-13,21H,14-19H2,(H,30,35)(H,32,34). The van der Waals surface area contributed by atoms with Crippen LogP contribution in [-0.2, 0) is 17.6 Å². The molecule has 182 valence electrons. The minimum absolute atomic E-state index is 0.0453. The second kappa shape index (κ2) is 10.6. The number of aryl methyl sites for hydroxylation is 1. The molecular formula is C29H28N4O3. The van der Waals surface area contributed by atoms with Crippen molar-refractivity contribution in [2.45, 2.75) is 38.1 Å². The number of nitrogens with zero attached hydrogens (tertiary/aromatic N) is 2. The Kier molecular flexibility index (Phi) is 6.89. The fraction of sp³-hybridized carbons (Fsp3) is 0.241. The third kappa shape index (κ3) is 5.35. The molecule has 5 rings (SSSR count). The first-order valence-corrected chi connectivity index (χ1v) is 12.3. The Hall–Kier alpha value is -4.26. The van der Waals surface area contributed by atoms with Gasteiger partial charge in [-0.2, -0.15) is 0 Å². The smallest absolute Gasteiger partial charge is 0.261 e. The van der Waals surface area contributed by atoms with E-state index in [1.165, 1.54) is 0 Å². The van der Waals surface area contributed by atoms with E-state index >= 15 is 0 Å². The van der Waals surface area contributed by atoms with Crippen LogP contribution in [0, 0.1) is 0 Å². The van der Waals surface area contributed by atoms with Gasteiger partial charge in [0, 0.05) is 25.4 Å². The quantitative estimate of drug-likeness (QED) is 0.374. The molecule has 1 saturated carbocycles. The summed E-state index contributed by atoms with van der Waals surface area (Å²) >= 11 is 0. The summed E-state index contributed by atoms with van der Waals surface area (Å²) in [6, 6.07) is 24.4. The third-order valence-corrected chi connectivity index (χ3v) is 6.36. The zero-order chi connectivity index (χ0) is 24.9. The SMILES string of the molecule is O=C(CCc1nc2ccccc2c(=O)n1C1CC1)Nc1ccccc1C(=O)NCCc1ccccc1. The lowest BCUT2D eigenvalue weighted by molar-refractivity contribution is -0.116. The summed E-state index contributed by atoms with van der Waals surface area (Å²) in [6.45, 7) is 0.497. The summed E-state index contributed by atoms with van der Waals surface area (Å²) in [5, 5.41) is 6.40. The second-order valence-electron chi connectivity index (χ2n) is 9.04. The van der Waals surface area contributed by atoms with E-state index in [0.29, 0.717) is 40.9 Å². The van der Waals surface area contributed by atoms with Crippen molar-refractivity contribution in [1.29, 1.82) is 0 Å². The molecule has 4 aromatic rings. The van der Waals surface area contributed by atoms with Crippen molar-refractivity contribution in [3.8, 4) is 0 Å². The first-order valence-electron chi connectivity index (χ1n) is 12.3. The minimum Gasteiger partial charge on any atom is -0.352 e. The molecule has 1 aromatic heterocycles. The maximum absolute atomic E-state index is 13.0. The predicted molar refractivity (Wildman–Crippen MR) is 140 cm³/mol. The van der Waals surface area contributed by atoms with Gasteiger partial charge in [-0.3, -0.25) is 19.0 Å². The maximum Gasteiger partial charge on any atom is 0.261 e. The Morgan fingerprint density at radius 3 is 2.42 bits per heavy atom.